The molecule has 0 amide bonds. The number of benzene rings is 2. The molecule has 33 heavy (non-hydrogen) atoms. The molecule has 1 heterocycles. The van der Waals surface area contributed by atoms with Crippen LogP contribution in [0.15, 0.2) is 41.3 Å². The fourth-order valence-corrected chi connectivity index (χ4v) is 6.34. The van der Waals surface area contributed by atoms with E-state index in [0.29, 0.717) is 6.07 Å². The Morgan fingerprint density at radius 1 is 1.15 bits per heavy atom. The van der Waals surface area contributed by atoms with Gasteiger partial charge in [-0.1, -0.05) is 6.07 Å². The highest BCUT2D eigenvalue weighted by atomic mass is 32.2. The molecule has 1 aliphatic carbocycles. The lowest BCUT2D eigenvalue weighted by atomic mass is 10.0. The van der Waals surface area contributed by atoms with E-state index in [4.69, 9.17) is 5.26 Å². The number of hydrogen-bond acceptors (Lipinski definition) is 5. The molecule has 2 aromatic carbocycles. The Hall–Kier alpha value is -2.21. The molecule has 2 atom stereocenters. The van der Waals surface area contributed by atoms with Crippen LogP contribution >= 0.6 is 0 Å². The topological polar surface area (TPSA) is 70.1 Å². The van der Waals surface area contributed by atoms with Crippen LogP contribution in [0.1, 0.15) is 36.0 Å². The Morgan fingerprint density at radius 3 is 2.55 bits per heavy atom. The quantitative estimate of drug-likeness (QED) is 0.387. The molecule has 0 saturated carbocycles. The third-order valence-electron chi connectivity index (χ3n) is 6.39. The van der Waals surface area contributed by atoms with Gasteiger partial charge in [-0.05, 0) is 61.2 Å². The van der Waals surface area contributed by atoms with Crippen LogP contribution in [0.25, 0.3) is 0 Å². The summed E-state index contributed by atoms with van der Waals surface area (Å²) in [5, 5.41) is 8.80. The molecule has 1 N–H and O–H groups in total. The second-order valence-electron chi connectivity index (χ2n) is 8.46. The van der Waals surface area contributed by atoms with Gasteiger partial charge in [-0.2, -0.15) is 17.5 Å². The van der Waals surface area contributed by atoms with E-state index in [1.165, 1.54) is 10.4 Å². The molecular formula is C22H24F4N2O4S. The van der Waals surface area contributed by atoms with Gasteiger partial charge in [0.1, 0.15) is 5.82 Å². The zero-order valence-corrected chi connectivity index (χ0v) is 18.7. The Morgan fingerprint density at radius 2 is 1.91 bits per heavy atom. The molecule has 0 bridgehead atoms. The number of alkyl halides is 3. The van der Waals surface area contributed by atoms with Crippen LogP contribution in [0.2, 0.25) is 0 Å². The van der Waals surface area contributed by atoms with Gasteiger partial charge < -0.3 is 4.90 Å². The van der Waals surface area contributed by atoms with Crippen LogP contribution in [0.3, 0.4) is 0 Å². The number of piperazine rings is 1. The standard InChI is InChI=1S/C22H24F4N2O4S/c1-14-12-27(17-5-7-20(21(23)10-17)22(24,25)26)8-9-28(14)33(30,31)18-6-4-15-2-3-16(13-32-29)19(15)11-18/h4-7,10-11,14,16,29H,2-3,8-9,12-13H2,1H3/t14-,16?/m0/s1. The summed E-state index contributed by atoms with van der Waals surface area (Å²) in [4.78, 5) is 6.10. The molecule has 0 radical (unpaired) electrons. The van der Waals surface area contributed by atoms with Gasteiger partial charge >= 0.3 is 6.18 Å². The minimum Gasteiger partial charge on any atom is -0.369 e. The first-order chi connectivity index (χ1) is 15.5. The number of fused-ring (bicyclic) bond motifs is 1. The van der Waals surface area contributed by atoms with Gasteiger partial charge in [-0.25, -0.2) is 17.7 Å². The summed E-state index contributed by atoms with van der Waals surface area (Å²) in [6.45, 7) is 2.32. The summed E-state index contributed by atoms with van der Waals surface area (Å²) in [6.07, 6.45) is -3.23. The van der Waals surface area contributed by atoms with Crippen molar-refractivity contribution in [1.29, 1.82) is 0 Å². The van der Waals surface area contributed by atoms with Crippen LogP contribution < -0.4 is 4.90 Å². The Kier molecular flexibility index (Phi) is 6.43. The molecule has 180 valence electrons. The minimum absolute atomic E-state index is 0.0796. The molecule has 2 aliphatic rings. The lowest BCUT2D eigenvalue weighted by Crippen LogP contribution is -2.54. The lowest BCUT2D eigenvalue weighted by molar-refractivity contribution is -0.245. The van der Waals surface area contributed by atoms with Crippen molar-refractivity contribution in [3.8, 4) is 0 Å². The van der Waals surface area contributed by atoms with Gasteiger partial charge in [0.2, 0.25) is 10.0 Å². The average Bonchev–Trinajstić information content (AvgIpc) is 3.15. The summed E-state index contributed by atoms with van der Waals surface area (Å²) in [7, 11) is -3.83. The minimum atomic E-state index is -4.78. The van der Waals surface area contributed by atoms with Gasteiger partial charge in [0.15, 0.2) is 0 Å². The second-order valence-corrected chi connectivity index (χ2v) is 10.4. The third-order valence-corrected chi connectivity index (χ3v) is 8.40. The van der Waals surface area contributed by atoms with E-state index in [9.17, 15) is 26.0 Å². The first-order valence-electron chi connectivity index (χ1n) is 10.5. The summed E-state index contributed by atoms with van der Waals surface area (Å²) in [5.41, 5.74) is 0.811. The second kappa shape index (κ2) is 8.86. The predicted molar refractivity (Wildman–Crippen MR) is 113 cm³/mol. The van der Waals surface area contributed by atoms with Crippen molar-refractivity contribution in [3.05, 3.63) is 58.9 Å². The van der Waals surface area contributed by atoms with Crippen LogP contribution in [-0.4, -0.2) is 50.3 Å². The van der Waals surface area contributed by atoms with Gasteiger partial charge in [-0.3, -0.25) is 5.26 Å². The van der Waals surface area contributed by atoms with E-state index in [-0.39, 0.29) is 42.7 Å². The van der Waals surface area contributed by atoms with Crippen LogP contribution in [-0.2, 0) is 27.5 Å². The van der Waals surface area contributed by atoms with E-state index in [1.807, 2.05) is 0 Å². The summed E-state index contributed by atoms with van der Waals surface area (Å²) >= 11 is 0. The molecule has 1 fully saturated rings. The predicted octanol–water partition coefficient (Wildman–Crippen LogP) is 4.26. The number of nitrogens with zero attached hydrogens (tertiary/aromatic N) is 2. The molecular weight excluding hydrogens is 464 g/mol. The normalized spacial score (nSPS) is 21.9. The largest absolute Gasteiger partial charge is 0.419 e. The first kappa shape index (κ1) is 23.9. The van der Waals surface area contributed by atoms with E-state index < -0.39 is 33.6 Å². The molecule has 1 saturated heterocycles. The maximum Gasteiger partial charge on any atom is 0.419 e. The van der Waals surface area contributed by atoms with Crippen LogP contribution in [0, 0.1) is 5.82 Å². The van der Waals surface area contributed by atoms with Crippen molar-refractivity contribution in [2.45, 2.75) is 42.8 Å². The zero-order valence-electron chi connectivity index (χ0n) is 17.8. The van der Waals surface area contributed by atoms with Gasteiger partial charge in [0.25, 0.3) is 0 Å². The molecule has 0 aromatic heterocycles. The Labute approximate surface area is 189 Å². The summed E-state index contributed by atoms with van der Waals surface area (Å²) in [6, 6.07) is 7.24. The Bertz CT molecular complexity index is 1140. The molecule has 1 unspecified atom stereocenters. The van der Waals surface area contributed by atoms with E-state index in [1.54, 1.807) is 30.0 Å². The summed E-state index contributed by atoms with van der Waals surface area (Å²) in [5.74, 6) is -1.44. The van der Waals surface area contributed by atoms with Gasteiger partial charge in [0.05, 0.1) is 17.1 Å². The number of halogens is 4. The van der Waals surface area contributed by atoms with Crippen molar-refractivity contribution >= 4 is 15.7 Å². The number of aryl methyl sites for hydroxylation is 1. The fraction of sp³-hybridized carbons (Fsp3) is 0.455. The molecule has 6 nitrogen and oxygen atoms in total. The van der Waals surface area contributed by atoms with Crippen molar-refractivity contribution in [2.24, 2.45) is 0 Å². The highest BCUT2D eigenvalue weighted by Crippen LogP contribution is 2.36. The molecule has 0 spiro atoms. The lowest BCUT2D eigenvalue weighted by Gasteiger charge is -2.40. The maximum atomic E-state index is 14.0. The van der Waals surface area contributed by atoms with Gasteiger partial charge in [-0.15, -0.1) is 0 Å². The smallest absolute Gasteiger partial charge is 0.369 e. The fourth-order valence-electron chi connectivity index (χ4n) is 4.69. The Balaban J connectivity index is 1.52. The molecule has 1 aliphatic heterocycles. The summed E-state index contributed by atoms with van der Waals surface area (Å²) < 4.78 is 80.6. The van der Waals surface area contributed by atoms with Crippen molar-refractivity contribution in [3.63, 3.8) is 0 Å². The van der Waals surface area contributed by atoms with E-state index in [0.717, 1.165) is 30.0 Å². The number of anilines is 1. The first-order valence-corrected chi connectivity index (χ1v) is 12.0. The third kappa shape index (κ3) is 4.59. The number of rotatable bonds is 5. The monoisotopic (exact) mass is 488 g/mol. The highest BCUT2D eigenvalue weighted by Gasteiger charge is 2.37. The van der Waals surface area contributed by atoms with Crippen molar-refractivity contribution in [1.82, 2.24) is 4.31 Å². The molecule has 2 aromatic rings. The maximum absolute atomic E-state index is 14.0. The SMILES string of the molecule is C[C@H]1CN(c2ccc(C(F)(F)F)c(F)c2)CCN1S(=O)(=O)c1ccc2c(c1)C(COO)CC2. The van der Waals surface area contributed by atoms with Crippen molar-refractivity contribution in [2.75, 3.05) is 31.1 Å². The van der Waals surface area contributed by atoms with Gasteiger partial charge in [0, 0.05) is 37.3 Å². The van der Waals surface area contributed by atoms with E-state index in [2.05, 4.69) is 4.89 Å². The molecule has 4 rings (SSSR count). The zero-order chi connectivity index (χ0) is 24.0. The number of hydrogen-bond donors (Lipinski definition) is 1. The van der Waals surface area contributed by atoms with E-state index >= 15 is 0 Å². The van der Waals surface area contributed by atoms with Crippen LogP contribution in [0.5, 0.6) is 0 Å². The van der Waals surface area contributed by atoms with Crippen molar-refractivity contribution < 1.29 is 36.1 Å². The van der Waals surface area contributed by atoms with Crippen LogP contribution in [0.4, 0.5) is 23.2 Å². The molecule has 11 heteroatoms. The average molecular weight is 489 g/mol. The number of sulfonamides is 1. The highest BCUT2D eigenvalue weighted by molar-refractivity contribution is 7.89.